The van der Waals surface area contributed by atoms with Crippen LogP contribution in [-0.4, -0.2) is 21.8 Å². The number of hydrogen-bond acceptors (Lipinski definition) is 8. The van der Waals surface area contributed by atoms with Gasteiger partial charge in [-0.05, 0) is 114 Å². The van der Waals surface area contributed by atoms with Crippen LogP contribution in [0.4, 0.5) is 11.4 Å². The molecule has 7 rings (SSSR count). The van der Waals surface area contributed by atoms with Gasteiger partial charge >= 0.3 is 11.9 Å². The highest BCUT2D eigenvalue weighted by Gasteiger charge is 2.46. The topological polar surface area (TPSA) is 139 Å². The Hall–Kier alpha value is -5.98. The fraction of sp³-hybridized carbons (Fsp3) is 0.0256. The summed E-state index contributed by atoms with van der Waals surface area (Å²) in [5.74, 6) is -0.987. The molecule has 0 unspecified atom stereocenters. The molecule has 0 fully saturated rings. The summed E-state index contributed by atoms with van der Waals surface area (Å²) in [6.07, 6.45) is 0. The first kappa shape index (κ1) is 33.5. The van der Waals surface area contributed by atoms with Crippen molar-refractivity contribution in [3.05, 3.63) is 196 Å². The maximum Gasteiger partial charge on any atom is 0.343 e. The van der Waals surface area contributed by atoms with Crippen molar-refractivity contribution in [1.29, 1.82) is 0 Å². The van der Waals surface area contributed by atoms with Gasteiger partial charge in [0.1, 0.15) is 11.5 Å². The van der Waals surface area contributed by atoms with E-state index < -0.39 is 27.2 Å². The Balaban J connectivity index is 1.25. The second kappa shape index (κ2) is 13.4. The first-order valence-electron chi connectivity index (χ1n) is 15.3. The number of ether oxygens (including phenoxy) is 2. The van der Waals surface area contributed by atoms with Gasteiger partial charge in [-0.2, -0.15) is 0 Å². The van der Waals surface area contributed by atoms with E-state index >= 15 is 0 Å². The van der Waals surface area contributed by atoms with E-state index in [1.54, 1.807) is 24.3 Å². The van der Waals surface area contributed by atoms with Crippen molar-refractivity contribution in [3.8, 4) is 22.6 Å². The van der Waals surface area contributed by atoms with Gasteiger partial charge in [0.05, 0.1) is 35.3 Å². The zero-order valence-electron chi connectivity index (χ0n) is 26.1. The fourth-order valence-corrected chi connectivity index (χ4v) is 7.24. The zero-order chi connectivity index (χ0) is 35.9. The first-order valence-corrected chi connectivity index (χ1v) is 16.9. The summed E-state index contributed by atoms with van der Waals surface area (Å²) in [6, 6.07) is 38.5. The molecule has 0 heterocycles. The van der Waals surface area contributed by atoms with Gasteiger partial charge in [-0.15, -0.1) is 0 Å². The van der Waals surface area contributed by atoms with Crippen LogP contribution in [0.2, 0.25) is 0 Å². The number of halogens is 2. The molecule has 0 spiro atoms. The van der Waals surface area contributed by atoms with Crippen molar-refractivity contribution in [3.63, 3.8) is 0 Å². The number of carbonyl (C=O) groups excluding carboxylic acids is 2. The van der Waals surface area contributed by atoms with Crippen molar-refractivity contribution < 1.29 is 28.9 Å². The lowest BCUT2D eigenvalue weighted by molar-refractivity contribution is -0.385. The van der Waals surface area contributed by atoms with Crippen molar-refractivity contribution in [2.75, 3.05) is 0 Å². The molecular weight excluding hydrogens is 784 g/mol. The van der Waals surface area contributed by atoms with Gasteiger partial charge in [0.2, 0.25) is 0 Å². The normalized spacial score (nSPS) is 12.4. The predicted molar refractivity (Wildman–Crippen MR) is 195 cm³/mol. The molecule has 0 amide bonds. The summed E-state index contributed by atoms with van der Waals surface area (Å²) in [5, 5.41) is 22.8. The summed E-state index contributed by atoms with van der Waals surface area (Å²) in [6.45, 7) is 0. The average molecular weight is 806 g/mol. The van der Waals surface area contributed by atoms with Gasteiger partial charge in [0, 0.05) is 12.1 Å². The smallest absolute Gasteiger partial charge is 0.343 e. The molecule has 0 saturated heterocycles. The van der Waals surface area contributed by atoms with Gasteiger partial charge in [-0.3, -0.25) is 20.2 Å². The summed E-state index contributed by atoms with van der Waals surface area (Å²) in [4.78, 5) is 47.6. The van der Waals surface area contributed by atoms with E-state index in [1.165, 1.54) is 24.3 Å². The van der Waals surface area contributed by atoms with Crippen LogP contribution in [0.5, 0.6) is 11.5 Å². The zero-order valence-corrected chi connectivity index (χ0v) is 29.3. The highest BCUT2D eigenvalue weighted by molar-refractivity contribution is 9.11. The molecule has 0 N–H and O–H groups in total. The van der Waals surface area contributed by atoms with E-state index in [-0.39, 0.29) is 42.9 Å². The minimum absolute atomic E-state index is 0.0308. The van der Waals surface area contributed by atoms with Crippen LogP contribution in [0.3, 0.4) is 0 Å². The molecule has 0 saturated carbocycles. The molecule has 0 radical (unpaired) electrons. The predicted octanol–water partition coefficient (Wildman–Crippen LogP) is 9.83. The van der Waals surface area contributed by atoms with Crippen molar-refractivity contribution >= 4 is 55.2 Å². The average Bonchev–Trinajstić information content (AvgIpc) is 3.43. The Kier molecular flexibility index (Phi) is 8.79. The summed E-state index contributed by atoms with van der Waals surface area (Å²) in [7, 11) is 0. The lowest BCUT2D eigenvalue weighted by Crippen LogP contribution is -2.28. The van der Waals surface area contributed by atoms with Gasteiger partial charge in [0.15, 0.2) is 0 Å². The Bertz CT molecular complexity index is 2230. The Morgan fingerprint density at radius 3 is 1.27 bits per heavy atom. The van der Waals surface area contributed by atoms with E-state index in [2.05, 4.69) is 56.1 Å². The second-order valence-corrected chi connectivity index (χ2v) is 13.2. The van der Waals surface area contributed by atoms with Gasteiger partial charge in [0.25, 0.3) is 11.4 Å². The highest BCUT2D eigenvalue weighted by atomic mass is 79.9. The van der Waals surface area contributed by atoms with Gasteiger partial charge in [-0.1, -0.05) is 72.8 Å². The van der Waals surface area contributed by atoms with Crippen molar-refractivity contribution in [2.45, 2.75) is 5.41 Å². The Morgan fingerprint density at radius 2 is 0.902 bits per heavy atom. The summed E-state index contributed by atoms with van der Waals surface area (Å²) in [5.41, 5.74) is 4.60. The van der Waals surface area contributed by atoms with Crippen molar-refractivity contribution in [1.82, 2.24) is 0 Å². The van der Waals surface area contributed by atoms with Crippen LogP contribution in [0.1, 0.15) is 43.0 Å². The molecule has 10 nitrogen and oxygen atoms in total. The molecule has 0 aromatic heterocycles. The monoisotopic (exact) mass is 804 g/mol. The van der Waals surface area contributed by atoms with Gasteiger partial charge < -0.3 is 9.47 Å². The molecule has 6 aromatic rings. The SMILES string of the molecule is O=C(Oc1ccc(C2(c3ccc(OC(=O)c4ccc(Br)c([N+](=O)[O-])c4)cc3)c3ccccc3-c3ccccc32)cc1)c1ccc(Br)c([N+](=O)[O-])c1. The molecule has 1 aliphatic rings. The largest absolute Gasteiger partial charge is 0.423 e. The number of nitro benzene ring substituents is 2. The molecule has 0 aliphatic heterocycles. The first-order chi connectivity index (χ1) is 24.6. The second-order valence-electron chi connectivity index (χ2n) is 11.5. The van der Waals surface area contributed by atoms with Crippen LogP contribution in [0.15, 0.2) is 142 Å². The van der Waals surface area contributed by atoms with Crippen LogP contribution < -0.4 is 9.47 Å². The number of carbonyl (C=O) groups is 2. The maximum atomic E-state index is 13.0. The molecule has 1 aliphatic carbocycles. The Morgan fingerprint density at radius 1 is 0.529 bits per heavy atom. The van der Waals surface area contributed by atoms with E-state index in [0.717, 1.165) is 45.5 Å². The molecule has 51 heavy (non-hydrogen) atoms. The standard InChI is InChI=1S/C39H22Br2N2O8/c40-33-19-9-23(21-35(33)42(46)47)37(44)50-27-15-11-25(12-16-27)39(31-7-3-1-5-29(31)30-6-2-4-8-32(30)39)26-13-17-28(18-14-26)51-38(45)24-10-20-34(41)36(22-24)43(48)49/h1-22H. The van der Waals surface area contributed by atoms with Gasteiger partial charge in [-0.25, -0.2) is 9.59 Å². The van der Waals surface area contributed by atoms with E-state index in [1.807, 2.05) is 48.5 Å². The number of esters is 2. The quantitative estimate of drug-likeness (QED) is 0.0640. The van der Waals surface area contributed by atoms with E-state index in [9.17, 15) is 29.8 Å². The molecule has 6 aromatic carbocycles. The number of nitro groups is 2. The van der Waals surface area contributed by atoms with Crippen LogP contribution in [0, 0.1) is 20.2 Å². The van der Waals surface area contributed by atoms with Crippen LogP contribution in [-0.2, 0) is 5.41 Å². The molecular formula is C39H22Br2N2O8. The maximum absolute atomic E-state index is 13.0. The minimum Gasteiger partial charge on any atom is -0.423 e. The molecule has 0 bridgehead atoms. The number of benzene rings is 6. The highest BCUT2D eigenvalue weighted by Crippen LogP contribution is 2.56. The molecule has 0 atom stereocenters. The third-order valence-corrected chi connectivity index (χ3v) is 10.0. The fourth-order valence-electron chi connectivity index (χ4n) is 6.46. The summed E-state index contributed by atoms with van der Waals surface area (Å²) < 4.78 is 11.7. The van der Waals surface area contributed by atoms with E-state index in [4.69, 9.17) is 9.47 Å². The molecule has 12 heteroatoms. The lowest BCUT2D eigenvalue weighted by Gasteiger charge is -2.34. The number of hydrogen-bond donors (Lipinski definition) is 0. The number of nitrogens with zero attached hydrogens (tertiary/aromatic N) is 2. The van der Waals surface area contributed by atoms with Crippen LogP contribution >= 0.6 is 31.9 Å². The number of fused-ring (bicyclic) bond motifs is 3. The third-order valence-electron chi connectivity index (χ3n) is 8.71. The minimum atomic E-state index is -0.823. The third kappa shape index (κ3) is 5.98. The van der Waals surface area contributed by atoms with Crippen LogP contribution in [0.25, 0.3) is 11.1 Å². The summed E-state index contributed by atoms with van der Waals surface area (Å²) >= 11 is 6.26. The Labute approximate surface area is 306 Å². The molecule has 250 valence electrons. The van der Waals surface area contributed by atoms with E-state index in [0.29, 0.717) is 0 Å². The number of rotatable bonds is 8. The van der Waals surface area contributed by atoms with Crippen molar-refractivity contribution in [2.24, 2.45) is 0 Å². The lowest BCUT2D eigenvalue weighted by atomic mass is 9.68.